The average Bonchev–Trinajstić information content (AvgIpc) is 0.766. The molecule has 3 fully saturated rings. The minimum Gasteiger partial charge on any atom is -0.508 e. The molecule has 36 nitrogen and oxygen atoms in total. The van der Waals surface area contributed by atoms with Crippen LogP contribution in [0.4, 0.5) is 0 Å². The van der Waals surface area contributed by atoms with Crippen LogP contribution in [0.25, 0.3) is 11.1 Å². The molecular weight excluding hydrogens is 1430 g/mol. The zero-order valence-corrected chi connectivity index (χ0v) is 60.1. The second kappa shape index (κ2) is 32.3. The third-order valence-corrected chi connectivity index (χ3v) is 20.0. The number of ether oxygens (including phenoxy) is 8. The number of carbonyl (C=O) groups is 8. The molecule has 11 bridgehead atoms. The van der Waals surface area contributed by atoms with Gasteiger partial charge in [0.25, 0.3) is 0 Å². The Hall–Kier alpha value is -9.90. The Morgan fingerprint density at radius 2 is 1.21 bits per heavy atom. The standard InChI is InChI=1S/C73H90N10O26/c1-28(2)18-40(77-7)64(94)82-54-56(89)31-8-13-36(14-9-31)104-44-20-34-21-45(60(44)109-71-61(58(91)57(90)46(27-84)106-71)108-49-26-73(6,76)63(93)30(4)103-49)105-37-15-10-32(11-16-37)59(107-48-25-72(5,75)62(92)29(3)102-48)55-69(99)81-53(70(100)101)39-22-35(85)23-43(87)50(39)38-19-33(12-17-42(38)86)51(66(96)83-55)80-67(97)52(34)79-65(95)41(24-47(74)88)78-68(54)98/h8-17,19-23,28-30,40-41,46,48-49,51-59,61-63,71,77,84-87,89-93H,18,24-27,75-76H2,1-7H3,(H2,74,88)(H,78,98)(H,79,95)(H,80,97)(H,81,99)(H,82,94)(H,83,96)(H,100,101). The van der Waals surface area contributed by atoms with Crippen molar-refractivity contribution in [3.05, 3.63) is 119 Å². The maximum absolute atomic E-state index is 16.3. The summed E-state index contributed by atoms with van der Waals surface area (Å²) in [5, 5.41) is 132. The first-order chi connectivity index (χ1) is 51.4. The summed E-state index contributed by atoms with van der Waals surface area (Å²) < 4.78 is 51.7. The number of aliphatic hydroxyl groups excluding tert-OH is 6. The number of likely N-dealkylation sites (N-methyl/N-ethyl adjacent to an activating group) is 1. The number of hydrogen-bond acceptors (Lipinski definition) is 28. The lowest BCUT2D eigenvalue weighted by Crippen LogP contribution is -2.64. The molecule has 23 N–H and O–H groups in total. The topological polar surface area (TPSA) is 575 Å². The highest BCUT2D eigenvalue weighted by molar-refractivity contribution is 6.00. The molecule has 0 radical (unpaired) electrons. The molecule has 109 heavy (non-hydrogen) atoms. The molecule has 0 aliphatic carbocycles. The minimum absolute atomic E-state index is 0.0277. The van der Waals surface area contributed by atoms with Crippen LogP contribution in [0.15, 0.2) is 91.0 Å². The number of phenolic OH excluding ortho intramolecular Hbond substituents is 3. The van der Waals surface area contributed by atoms with Gasteiger partial charge in [-0.1, -0.05) is 44.2 Å². The summed E-state index contributed by atoms with van der Waals surface area (Å²) in [6, 6.07) is 3.50. The monoisotopic (exact) mass is 1520 g/mol. The highest BCUT2D eigenvalue weighted by Gasteiger charge is 2.52. The number of benzene rings is 5. The predicted molar refractivity (Wildman–Crippen MR) is 376 cm³/mol. The van der Waals surface area contributed by atoms with Crippen molar-refractivity contribution in [1.82, 2.24) is 37.2 Å². The second-order valence-electron chi connectivity index (χ2n) is 29.0. The third kappa shape index (κ3) is 17.3. The first kappa shape index (κ1) is 80.1. The number of hydrogen-bond donors (Lipinski definition) is 20. The summed E-state index contributed by atoms with van der Waals surface area (Å²) in [6.07, 6.45) is -22.0. The van der Waals surface area contributed by atoms with Gasteiger partial charge >= 0.3 is 5.97 Å². The highest BCUT2D eigenvalue weighted by Crippen LogP contribution is 2.49. The molecule has 8 aliphatic rings. The van der Waals surface area contributed by atoms with Gasteiger partial charge in [0.15, 0.2) is 36.2 Å². The molecule has 13 rings (SSSR count). The predicted octanol–water partition coefficient (Wildman–Crippen LogP) is -0.963. The molecule has 5 aromatic rings. The van der Waals surface area contributed by atoms with Crippen molar-refractivity contribution in [2.45, 2.75) is 201 Å². The van der Waals surface area contributed by atoms with Crippen molar-refractivity contribution >= 4 is 47.3 Å². The SMILES string of the molecule is CNC(CC(C)C)C(=O)NC1C(=O)NC(CC(N)=O)C(=O)NC2C(=O)NC3C(=O)NC(C(=O)NC(C(=O)O)c4cc(O)cc(O)c4-c4cc3ccc4O)C(OC3CC(C)(N)C(O)C(C)O3)c3ccc(cc3)Oc3cc2cc(c3OC2OC(CO)C(O)C(O)C2OC2CC(C)(N)C(O)C(C)O2)Oc2ccc(cc2)C1O. The normalized spacial score (nSPS) is 32.4. The maximum Gasteiger partial charge on any atom is 0.330 e. The molecule has 22 atom stereocenters. The van der Waals surface area contributed by atoms with Gasteiger partial charge in [0, 0.05) is 46.7 Å². The van der Waals surface area contributed by atoms with Crippen molar-refractivity contribution in [3.63, 3.8) is 0 Å². The number of primary amides is 1. The Morgan fingerprint density at radius 3 is 1.77 bits per heavy atom. The minimum atomic E-state index is -2.31. The van der Waals surface area contributed by atoms with Crippen molar-refractivity contribution in [2.75, 3.05) is 13.7 Å². The van der Waals surface area contributed by atoms with Gasteiger partial charge < -0.3 is 143 Å². The van der Waals surface area contributed by atoms with E-state index in [4.69, 9.17) is 55.1 Å². The average molecular weight is 1520 g/mol. The molecule has 5 aromatic carbocycles. The van der Waals surface area contributed by atoms with E-state index in [0.717, 1.165) is 42.5 Å². The third-order valence-electron chi connectivity index (χ3n) is 20.0. The fourth-order valence-electron chi connectivity index (χ4n) is 14.2. The summed E-state index contributed by atoms with van der Waals surface area (Å²) in [5.74, 6) is -14.9. The Morgan fingerprint density at radius 1 is 0.651 bits per heavy atom. The zero-order chi connectivity index (χ0) is 79.2. The van der Waals surface area contributed by atoms with E-state index in [-0.39, 0.29) is 53.4 Å². The van der Waals surface area contributed by atoms with Crippen molar-refractivity contribution < 1.29 is 127 Å². The van der Waals surface area contributed by atoms with E-state index in [2.05, 4.69) is 37.2 Å². The highest BCUT2D eigenvalue weighted by atomic mass is 16.8. The van der Waals surface area contributed by atoms with E-state index in [1.165, 1.54) is 83.3 Å². The van der Waals surface area contributed by atoms with E-state index < -0.39 is 250 Å². The lowest BCUT2D eigenvalue weighted by molar-refractivity contribution is -0.333. The quantitative estimate of drug-likeness (QED) is 0.0600. The maximum atomic E-state index is 16.3. The molecule has 0 saturated carbocycles. The van der Waals surface area contributed by atoms with Gasteiger partial charge in [-0.25, -0.2) is 4.79 Å². The molecule has 36 heteroatoms. The lowest BCUT2D eigenvalue weighted by Gasteiger charge is -2.47. The van der Waals surface area contributed by atoms with Crippen LogP contribution < -0.4 is 68.6 Å². The number of carboxylic acids is 1. The van der Waals surface area contributed by atoms with Gasteiger partial charge in [-0.05, 0) is 124 Å². The first-order valence-electron chi connectivity index (χ1n) is 35.1. The van der Waals surface area contributed by atoms with Crippen LogP contribution in [-0.4, -0.2) is 215 Å². The Kier molecular flexibility index (Phi) is 23.8. The summed E-state index contributed by atoms with van der Waals surface area (Å²) >= 11 is 0. The number of amides is 7. The lowest BCUT2D eigenvalue weighted by atomic mass is 9.86. The number of nitrogens with one attached hydrogen (secondary N) is 7. The number of aromatic hydroxyl groups is 3. The van der Waals surface area contributed by atoms with Gasteiger partial charge in [-0.15, -0.1) is 0 Å². The molecule has 7 amide bonds. The summed E-state index contributed by atoms with van der Waals surface area (Å²) in [5.41, 5.74) is 13.8. The number of phenols is 3. The fourth-order valence-corrected chi connectivity index (χ4v) is 14.2. The summed E-state index contributed by atoms with van der Waals surface area (Å²) in [6.45, 7) is 8.73. The smallest absolute Gasteiger partial charge is 0.330 e. The van der Waals surface area contributed by atoms with Gasteiger partial charge in [-0.2, -0.15) is 0 Å². The Bertz CT molecular complexity index is 4260. The van der Waals surface area contributed by atoms with Crippen LogP contribution in [0.1, 0.15) is 125 Å². The first-order valence-corrected chi connectivity index (χ1v) is 35.1. The van der Waals surface area contributed by atoms with Crippen LogP contribution in [0.5, 0.6) is 46.0 Å². The zero-order valence-electron chi connectivity index (χ0n) is 60.1. The van der Waals surface area contributed by atoms with Crippen molar-refractivity contribution in [1.29, 1.82) is 0 Å². The molecule has 8 heterocycles. The molecule has 588 valence electrons. The van der Waals surface area contributed by atoms with Gasteiger partial charge in [-0.3, -0.25) is 33.6 Å². The van der Waals surface area contributed by atoms with Crippen LogP contribution in [0.3, 0.4) is 0 Å². The van der Waals surface area contributed by atoms with Crippen molar-refractivity contribution in [2.24, 2.45) is 23.1 Å². The van der Waals surface area contributed by atoms with Crippen LogP contribution in [-0.2, 0) is 62.0 Å². The van der Waals surface area contributed by atoms with E-state index in [0.29, 0.717) is 0 Å². The fraction of sp³-hybridized carbons (Fsp3) is 0.479. The van der Waals surface area contributed by atoms with Gasteiger partial charge in [0.1, 0.15) is 89.5 Å². The Balaban J connectivity index is 1.17. The van der Waals surface area contributed by atoms with E-state index in [1.807, 2.05) is 13.8 Å². The number of fused-ring (bicyclic) bond motifs is 15. The summed E-state index contributed by atoms with van der Waals surface area (Å²) in [4.78, 5) is 119. The number of carboxylic acid groups (broad SMARTS) is 1. The second-order valence-corrected chi connectivity index (χ2v) is 29.0. The number of aliphatic hydroxyl groups is 6. The van der Waals surface area contributed by atoms with Crippen molar-refractivity contribution in [3.8, 4) is 57.1 Å². The Labute approximate surface area is 622 Å². The van der Waals surface area contributed by atoms with E-state index >= 15 is 19.2 Å². The molecular formula is C73H90N10O26. The molecule has 22 unspecified atom stereocenters. The van der Waals surface area contributed by atoms with E-state index in [9.17, 15) is 70.2 Å². The molecule has 3 saturated heterocycles. The van der Waals surface area contributed by atoms with Gasteiger partial charge in [0.05, 0.1) is 43.5 Å². The largest absolute Gasteiger partial charge is 0.508 e. The molecule has 0 spiro atoms. The van der Waals surface area contributed by atoms with E-state index in [1.54, 1.807) is 0 Å². The summed E-state index contributed by atoms with van der Waals surface area (Å²) in [7, 11) is 1.49. The number of aliphatic carboxylic acids is 1. The number of nitrogens with two attached hydrogens (primary N) is 3. The molecule has 0 aromatic heterocycles. The van der Waals surface area contributed by atoms with Gasteiger partial charge in [0.2, 0.25) is 53.4 Å². The number of carbonyl (C=O) groups excluding carboxylic acids is 7. The van der Waals surface area contributed by atoms with Crippen LogP contribution >= 0.6 is 0 Å². The number of rotatable bonds is 15. The molecule has 8 aliphatic heterocycles. The van der Waals surface area contributed by atoms with Crippen LogP contribution in [0.2, 0.25) is 0 Å². The van der Waals surface area contributed by atoms with Crippen LogP contribution in [0, 0.1) is 5.92 Å².